The van der Waals surface area contributed by atoms with Gasteiger partial charge in [0.25, 0.3) is 5.69 Å². The topological polar surface area (TPSA) is 69.2 Å². The van der Waals surface area contributed by atoms with Gasteiger partial charge in [-0.05, 0) is 18.4 Å². The van der Waals surface area contributed by atoms with Crippen LogP contribution in [0.15, 0.2) is 24.3 Å². The summed E-state index contributed by atoms with van der Waals surface area (Å²) >= 11 is 0. The third-order valence-corrected chi connectivity index (χ3v) is 3.63. The predicted octanol–water partition coefficient (Wildman–Crippen LogP) is 3.10. The summed E-state index contributed by atoms with van der Waals surface area (Å²) in [4.78, 5) is 10.4. The number of benzene rings is 1. The molecule has 2 rings (SSSR count). The lowest BCUT2D eigenvalue weighted by molar-refractivity contribution is -0.385. The highest BCUT2D eigenvalue weighted by Gasteiger charge is 2.29. The fourth-order valence-electron chi connectivity index (χ4n) is 2.58. The molecule has 0 heterocycles. The van der Waals surface area contributed by atoms with Crippen molar-refractivity contribution in [3.05, 3.63) is 39.9 Å². The van der Waals surface area contributed by atoms with Crippen molar-refractivity contribution in [3.8, 4) is 0 Å². The zero-order valence-corrected chi connectivity index (χ0v) is 9.89. The van der Waals surface area contributed by atoms with Crippen LogP contribution in [0.5, 0.6) is 0 Å². The molecule has 4 nitrogen and oxygen atoms in total. The second-order valence-electron chi connectivity index (χ2n) is 4.88. The van der Waals surface area contributed by atoms with E-state index in [9.17, 15) is 10.1 Å². The number of hydrogen-bond acceptors (Lipinski definition) is 3. The second kappa shape index (κ2) is 4.84. The lowest BCUT2D eigenvalue weighted by Crippen LogP contribution is -2.35. The molecule has 0 unspecified atom stereocenters. The van der Waals surface area contributed by atoms with E-state index in [1.165, 1.54) is 18.9 Å². The molecular formula is C13H18N2O2. The second-order valence-corrected chi connectivity index (χ2v) is 4.88. The van der Waals surface area contributed by atoms with Crippen LogP contribution in [0.2, 0.25) is 0 Å². The molecule has 0 amide bonds. The Morgan fingerprint density at radius 2 is 1.82 bits per heavy atom. The lowest BCUT2D eigenvalue weighted by atomic mass is 9.84. The van der Waals surface area contributed by atoms with Crippen molar-refractivity contribution in [3.63, 3.8) is 0 Å². The van der Waals surface area contributed by atoms with Gasteiger partial charge in [-0.1, -0.05) is 37.8 Å². The van der Waals surface area contributed by atoms with Gasteiger partial charge in [-0.15, -0.1) is 0 Å². The summed E-state index contributed by atoms with van der Waals surface area (Å²) in [7, 11) is 0. The average Bonchev–Trinajstić information content (AvgIpc) is 2.55. The zero-order valence-electron chi connectivity index (χ0n) is 9.89. The fourth-order valence-corrected chi connectivity index (χ4v) is 2.58. The van der Waals surface area contributed by atoms with Gasteiger partial charge in [0.15, 0.2) is 0 Å². The first-order chi connectivity index (χ1) is 8.12. The molecule has 1 aromatic carbocycles. The van der Waals surface area contributed by atoms with Gasteiger partial charge in [0.1, 0.15) is 0 Å². The molecule has 1 aliphatic carbocycles. The molecule has 2 N–H and O–H groups in total. The maximum atomic E-state index is 10.8. The molecule has 0 spiro atoms. The van der Waals surface area contributed by atoms with Crippen LogP contribution in [0.4, 0.5) is 5.69 Å². The number of non-ortho nitro benzene ring substituents is 1. The highest BCUT2D eigenvalue weighted by Crippen LogP contribution is 2.34. The minimum atomic E-state index is -0.372. The van der Waals surface area contributed by atoms with Crippen molar-refractivity contribution < 1.29 is 4.92 Å². The van der Waals surface area contributed by atoms with Crippen LogP contribution in [-0.2, 0) is 5.54 Å². The molecule has 0 aromatic heterocycles. The lowest BCUT2D eigenvalue weighted by Gasteiger charge is -2.28. The highest BCUT2D eigenvalue weighted by atomic mass is 16.6. The molecule has 92 valence electrons. The Morgan fingerprint density at radius 3 is 2.41 bits per heavy atom. The minimum absolute atomic E-state index is 0.136. The van der Waals surface area contributed by atoms with Crippen LogP contribution in [-0.4, -0.2) is 4.92 Å². The molecule has 17 heavy (non-hydrogen) atoms. The molecular weight excluding hydrogens is 216 g/mol. The van der Waals surface area contributed by atoms with E-state index < -0.39 is 0 Å². The van der Waals surface area contributed by atoms with E-state index in [1.807, 2.05) is 6.07 Å². The van der Waals surface area contributed by atoms with Crippen LogP contribution >= 0.6 is 0 Å². The van der Waals surface area contributed by atoms with Gasteiger partial charge < -0.3 is 5.73 Å². The Hall–Kier alpha value is -1.42. The van der Waals surface area contributed by atoms with Crippen molar-refractivity contribution >= 4 is 5.69 Å². The molecule has 1 aliphatic rings. The normalized spacial score (nSPS) is 19.6. The van der Waals surface area contributed by atoms with E-state index >= 15 is 0 Å². The van der Waals surface area contributed by atoms with Crippen molar-refractivity contribution in [2.45, 2.75) is 44.1 Å². The maximum Gasteiger partial charge on any atom is 0.269 e. The minimum Gasteiger partial charge on any atom is -0.321 e. The SMILES string of the molecule is NC1(c2cccc([N+](=O)[O-])c2)CCCCCC1. The molecule has 1 saturated carbocycles. The monoisotopic (exact) mass is 234 g/mol. The first-order valence-corrected chi connectivity index (χ1v) is 6.16. The first-order valence-electron chi connectivity index (χ1n) is 6.16. The maximum absolute atomic E-state index is 10.8. The summed E-state index contributed by atoms with van der Waals surface area (Å²) in [5.41, 5.74) is 7.10. The van der Waals surface area contributed by atoms with Crippen molar-refractivity contribution in [1.29, 1.82) is 0 Å². The molecule has 1 aromatic rings. The molecule has 1 fully saturated rings. The molecule has 4 heteroatoms. The Balaban J connectivity index is 2.30. The summed E-state index contributed by atoms with van der Waals surface area (Å²) in [5, 5.41) is 10.8. The van der Waals surface area contributed by atoms with Crippen LogP contribution in [0.1, 0.15) is 44.1 Å². The number of nitro groups is 1. The largest absolute Gasteiger partial charge is 0.321 e. The van der Waals surface area contributed by atoms with Crippen LogP contribution in [0, 0.1) is 10.1 Å². The quantitative estimate of drug-likeness (QED) is 0.485. The summed E-state index contributed by atoms with van der Waals surface area (Å²) in [5.74, 6) is 0. The smallest absolute Gasteiger partial charge is 0.269 e. The number of nitrogens with two attached hydrogens (primary N) is 1. The molecule has 0 radical (unpaired) electrons. The van der Waals surface area contributed by atoms with Crippen LogP contribution in [0.3, 0.4) is 0 Å². The number of nitrogens with zero attached hydrogens (tertiary/aromatic N) is 1. The van der Waals surface area contributed by atoms with Crippen LogP contribution in [0.25, 0.3) is 0 Å². The average molecular weight is 234 g/mol. The number of nitro benzene ring substituents is 1. The van der Waals surface area contributed by atoms with Gasteiger partial charge in [-0.3, -0.25) is 10.1 Å². The van der Waals surface area contributed by atoms with Gasteiger partial charge in [-0.25, -0.2) is 0 Å². The van der Waals surface area contributed by atoms with Crippen LogP contribution < -0.4 is 5.73 Å². The molecule has 0 atom stereocenters. The zero-order chi connectivity index (χ0) is 12.3. The first kappa shape index (κ1) is 12.0. The van der Waals surface area contributed by atoms with Gasteiger partial charge in [0, 0.05) is 17.7 Å². The molecule has 0 saturated heterocycles. The fraction of sp³-hybridized carbons (Fsp3) is 0.538. The van der Waals surface area contributed by atoms with E-state index in [2.05, 4.69) is 0 Å². The summed E-state index contributed by atoms with van der Waals surface area (Å²) in [6, 6.07) is 6.79. The van der Waals surface area contributed by atoms with E-state index in [0.29, 0.717) is 0 Å². The Kier molecular flexibility index (Phi) is 3.43. The van der Waals surface area contributed by atoms with Crippen molar-refractivity contribution in [1.82, 2.24) is 0 Å². The summed E-state index contributed by atoms with van der Waals surface area (Å²) in [6.07, 6.45) is 6.50. The van der Waals surface area contributed by atoms with Gasteiger partial charge in [0.2, 0.25) is 0 Å². The Labute approximate surface area is 101 Å². The van der Waals surface area contributed by atoms with Crippen molar-refractivity contribution in [2.24, 2.45) is 5.73 Å². The van der Waals surface area contributed by atoms with Gasteiger partial charge in [-0.2, -0.15) is 0 Å². The van der Waals surface area contributed by atoms with E-state index in [0.717, 1.165) is 31.2 Å². The van der Waals surface area contributed by atoms with Gasteiger partial charge >= 0.3 is 0 Å². The highest BCUT2D eigenvalue weighted by molar-refractivity contribution is 5.37. The number of rotatable bonds is 2. The molecule has 0 bridgehead atoms. The standard InChI is InChI=1S/C13H18N2O2/c14-13(8-3-1-2-4-9-13)11-6-5-7-12(10-11)15(16)17/h5-7,10H,1-4,8-9,14H2. The summed E-state index contributed by atoms with van der Waals surface area (Å²) < 4.78 is 0. The third-order valence-electron chi connectivity index (χ3n) is 3.63. The van der Waals surface area contributed by atoms with E-state index in [-0.39, 0.29) is 16.1 Å². The van der Waals surface area contributed by atoms with Gasteiger partial charge in [0.05, 0.1) is 4.92 Å². The Morgan fingerprint density at radius 1 is 1.18 bits per heavy atom. The summed E-state index contributed by atoms with van der Waals surface area (Å²) in [6.45, 7) is 0. The van der Waals surface area contributed by atoms with E-state index in [4.69, 9.17) is 5.73 Å². The Bertz CT molecular complexity index is 410. The van der Waals surface area contributed by atoms with Crippen molar-refractivity contribution in [2.75, 3.05) is 0 Å². The van der Waals surface area contributed by atoms with E-state index in [1.54, 1.807) is 12.1 Å². The third kappa shape index (κ3) is 2.64. The number of hydrogen-bond donors (Lipinski definition) is 1. The molecule has 0 aliphatic heterocycles. The predicted molar refractivity (Wildman–Crippen MR) is 66.7 cm³/mol.